The van der Waals surface area contributed by atoms with Crippen molar-refractivity contribution in [1.82, 2.24) is 0 Å². The van der Waals surface area contributed by atoms with E-state index in [1.807, 2.05) is 6.07 Å². The van der Waals surface area contributed by atoms with Crippen LogP contribution < -0.4 is 4.90 Å². The Bertz CT molecular complexity index is 3880. The van der Waals surface area contributed by atoms with Crippen LogP contribution in [0.3, 0.4) is 0 Å². The molecule has 0 bridgehead atoms. The largest absolute Gasteiger partial charge is 0.455 e. The summed E-state index contributed by atoms with van der Waals surface area (Å²) in [5, 5.41) is 4.85. The fourth-order valence-corrected chi connectivity index (χ4v) is 11.7. The Balaban J connectivity index is 0.985. The van der Waals surface area contributed by atoms with E-state index in [1.54, 1.807) is 0 Å². The Hall–Kier alpha value is -8.72. The molecule has 1 aromatic heterocycles. The number of benzene rings is 11. The molecule has 0 saturated heterocycles. The lowest BCUT2D eigenvalue weighted by molar-refractivity contribution is 0.670. The summed E-state index contributed by atoms with van der Waals surface area (Å²) in [6.45, 7) is 0. The van der Waals surface area contributed by atoms with Crippen molar-refractivity contribution in [2.45, 2.75) is 5.41 Å². The smallest absolute Gasteiger partial charge is 0.143 e. The van der Waals surface area contributed by atoms with Crippen LogP contribution in [0, 0.1) is 0 Å². The summed E-state index contributed by atoms with van der Waals surface area (Å²) in [6, 6.07) is 91.4. The second-order valence-corrected chi connectivity index (χ2v) is 17.9. The van der Waals surface area contributed by atoms with Crippen molar-refractivity contribution in [1.29, 1.82) is 0 Å². The number of para-hydroxylation sites is 2. The molecule has 0 N–H and O–H groups in total. The number of anilines is 3. The molecular formula is C65H41NO. The standard InChI is InChI=1S/C65H41NO/c1-3-18-45(19-4-1)65(46-20-5-2-6-21-46)59-30-11-9-24-53(59)54-39-37-49(41-60(54)65)66(47-35-32-42(33-36-47)51-27-15-29-58-55-25-10-12-31-61(55)67-64(51)58)48-22-13-17-44(40-48)50-38-34-43-16-14-28-56-52-23-7-8-26-57(52)63(50)62(43)56/h1-41H. The fourth-order valence-electron chi connectivity index (χ4n) is 11.7. The third-order valence-electron chi connectivity index (χ3n) is 14.5. The van der Waals surface area contributed by atoms with Crippen molar-refractivity contribution >= 4 is 49.8 Å². The number of fused-ring (bicyclic) bond motifs is 9. The molecule has 11 aromatic carbocycles. The minimum atomic E-state index is -0.534. The van der Waals surface area contributed by atoms with Gasteiger partial charge in [0, 0.05) is 33.4 Å². The number of furan rings is 1. The van der Waals surface area contributed by atoms with Crippen LogP contribution in [-0.2, 0) is 5.41 Å². The molecule has 0 aliphatic heterocycles. The molecule has 2 aliphatic rings. The Morgan fingerprint density at radius 3 is 1.75 bits per heavy atom. The van der Waals surface area contributed by atoms with Gasteiger partial charge in [0.25, 0.3) is 0 Å². The van der Waals surface area contributed by atoms with E-state index in [0.29, 0.717) is 0 Å². The average Bonchev–Trinajstić information content (AvgIpc) is 4.05. The van der Waals surface area contributed by atoms with Gasteiger partial charge in [0.1, 0.15) is 11.2 Å². The van der Waals surface area contributed by atoms with Gasteiger partial charge in [0.05, 0.1) is 5.41 Å². The molecule has 1 heterocycles. The summed E-state index contributed by atoms with van der Waals surface area (Å²) in [5.41, 5.74) is 21.9. The Kier molecular flexibility index (Phi) is 8.23. The molecule has 0 saturated carbocycles. The van der Waals surface area contributed by atoms with Crippen LogP contribution in [0.2, 0.25) is 0 Å². The first-order valence-electron chi connectivity index (χ1n) is 23.2. The highest BCUT2D eigenvalue weighted by atomic mass is 16.3. The zero-order valence-electron chi connectivity index (χ0n) is 36.5. The minimum absolute atomic E-state index is 0.534. The lowest BCUT2D eigenvalue weighted by Crippen LogP contribution is -2.28. The molecule has 0 spiro atoms. The molecule has 0 unspecified atom stereocenters. The summed E-state index contributed by atoms with van der Waals surface area (Å²) in [5.74, 6) is 0. The molecule has 12 aromatic rings. The van der Waals surface area contributed by atoms with Gasteiger partial charge in [-0.3, -0.25) is 0 Å². The van der Waals surface area contributed by atoms with E-state index in [0.717, 1.165) is 50.1 Å². The monoisotopic (exact) mass is 851 g/mol. The lowest BCUT2D eigenvalue weighted by Gasteiger charge is -2.35. The van der Waals surface area contributed by atoms with Crippen molar-refractivity contribution in [3.05, 3.63) is 271 Å². The van der Waals surface area contributed by atoms with E-state index in [4.69, 9.17) is 4.42 Å². The quantitative estimate of drug-likeness (QED) is 0.159. The molecular weight excluding hydrogens is 811 g/mol. The van der Waals surface area contributed by atoms with Gasteiger partial charge in [-0.15, -0.1) is 0 Å². The van der Waals surface area contributed by atoms with Crippen molar-refractivity contribution < 1.29 is 4.42 Å². The van der Waals surface area contributed by atoms with E-state index < -0.39 is 5.41 Å². The van der Waals surface area contributed by atoms with Gasteiger partial charge in [-0.05, 0) is 126 Å². The first-order chi connectivity index (χ1) is 33.2. The fraction of sp³-hybridized carbons (Fsp3) is 0.0154. The van der Waals surface area contributed by atoms with E-state index in [-0.39, 0.29) is 0 Å². The third-order valence-corrected chi connectivity index (χ3v) is 14.5. The molecule has 0 amide bonds. The second-order valence-electron chi connectivity index (χ2n) is 17.9. The molecule has 0 atom stereocenters. The van der Waals surface area contributed by atoms with Crippen molar-refractivity contribution in [2.75, 3.05) is 4.90 Å². The predicted octanol–water partition coefficient (Wildman–Crippen LogP) is 17.6. The Morgan fingerprint density at radius 2 is 0.925 bits per heavy atom. The van der Waals surface area contributed by atoms with Gasteiger partial charge in [-0.25, -0.2) is 0 Å². The number of nitrogens with zero attached hydrogens (tertiary/aromatic N) is 1. The summed E-state index contributed by atoms with van der Waals surface area (Å²) in [4.78, 5) is 2.44. The molecule has 2 aliphatic carbocycles. The van der Waals surface area contributed by atoms with Crippen LogP contribution in [0.4, 0.5) is 17.1 Å². The maximum Gasteiger partial charge on any atom is 0.143 e. The second kappa shape index (κ2) is 14.7. The number of rotatable bonds is 7. The molecule has 312 valence electrons. The maximum absolute atomic E-state index is 6.53. The molecule has 67 heavy (non-hydrogen) atoms. The molecule has 2 nitrogen and oxygen atoms in total. The highest BCUT2D eigenvalue weighted by Crippen LogP contribution is 2.58. The van der Waals surface area contributed by atoms with Crippen LogP contribution in [0.25, 0.3) is 88.3 Å². The van der Waals surface area contributed by atoms with E-state index in [9.17, 15) is 0 Å². The van der Waals surface area contributed by atoms with Crippen molar-refractivity contribution in [3.8, 4) is 55.6 Å². The zero-order chi connectivity index (χ0) is 44.1. The van der Waals surface area contributed by atoms with Gasteiger partial charge in [-0.2, -0.15) is 0 Å². The summed E-state index contributed by atoms with van der Waals surface area (Å²) in [6.07, 6.45) is 0. The SMILES string of the molecule is c1ccc(C2(c3ccccc3)c3ccccc3-c3ccc(N(c4ccc(-c5cccc6c5oc5ccccc56)cc4)c4cccc(-c5ccc6cccc7c6c5-c5ccccc5-7)c4)cc32)cc1. The normalized spacial score (nSPS) is 12.9. The number of hydrogen-bond donors (Lipinski definition) is 0. The van der Waals surface area contributed by atoms with Crippen LogP contribution in [0.15, 0.2) is 253 Å². The highest BCUT2D eigenvalue weighted by molar-refractivity contribution is 6.19. The van der Waals surface area contributed by atoms with Crippen LogP contribution in [0.5, 0.6) is 0 Å². The molecule has 0 fully saturated rings. The summed E-state index contributed by atoms with van der Waals surface area (Å²) >= 11 is 0. The van der Waals surface area contributed by atoms with Crippen LogP contribution >= 0.6 is 0 Å². The average molecular weight is 852 g/mol. The zero-order valence-corrected chi connectivity index (χ0v) is 36.5. The maximum atomic E-state index is 6.53. The van der Waals surface area contributed by atoms with E-state index >= 15 is 0 Å². The van der Waals surface area contributed by atoms with Gasteiger partial charge in [0.15, 0.2) is 0 Å². The third kappa shape index (κ3) is 5.51. The Labute approximate surface area is 389 Å². The van der Waals surface area contributed by atoms with E-state index in [2.05, 4.69) is 248 Å². The topological polar surface area (TPSA) is 16.4 Å². The van der Waals surface area contributed by atoms with E-state index in [1.165, 1.54) is 77.5 Å². The highest BCUT2D eigenvalue weighted by Gasteiger charge is 2.46. The van der Waals surface area contributed by atoms with Crippen LogP contribution in [0.1, 0.15) is 22.3 Å². The first-order valence-corrected chi connectivity index (χ1v) is 23.2. The molecule has 14 rings (SSSR count). The first kappa shape index (κ1) is 37.6. The Morgan fingerprint density at radius 1 is 0.328 bits per heavy atom. The van der Waals surface area contributed by atoms with Crippen LogP contribution in [-0.4, -0.2) is 0 Å². The lowest BCUT2D eigenvalue weighted by atomic mass is 9.67. The molecule has 2 heteroatoms. The predicted molar refractivity (Wildman–Crippen MR) is 279 cm³/mol. The van der Waals surface area contributed by atoms with Crippen molar-refractivity contribution in [3.63, 3.8) is 0 Å². The summed E-state index contributed by atoms with van der Waals surface area (Å²) < 4.78 is 6.53. The minimum Gasteiger partial charge on any atom is -0.455 e. The molecule has 0 radical (unpaired) electrons. The van der Waals surface area contributed by atoms with Gasteiger partial charge < -0.3 is 9.32 Å². The summed E-state index contributed by atoms with van der Waals surface area (Å²) in [7, 11) is 0. The number of hydrogen-bond acceptors (Lipinski definition) is 2. The van der Waals surface area contributed by atoms with Gasteiger partial charge >= 0.3 is 0 Å². The van der Waals surface area contributed by atoms with Gasteiger partial charge in [0.2, 0.25) is 0 Å². The van der Waals surface area contributed by atoms with Crippen molar-refractivity contribution in [2.24, 2.45) is 0 Å². The van der Waals surface area contributed by atoms with Gasteiger partial charge in [-0.1, -0.05) is 206 Å².